The molecule has 0 aliphatic carbocycles. The number of aromatic nitrogens is 2. The van der Waals surface area contributed by atoms with E-state index in [1.165, 1.54) is 21.0 Å². The summed E-state index contributed by atoms with van der Waals surface area (Å²) in [6.45, 7) is 2.82. The fourth-order valence-corrected chi connectivity index (χ4v) is 3.06. The normalized spacial score (nSPS) is 10.6. The number of Topliss-reactive ketones (excluding diaryl/α,β-unsaturated/α-hetero) is 1. The van der Waals surface area contributed by atoms with Gasteiger partial charge in [0.05, 0.1) is 25.3 Å². The number of carbonyl (C=O) groups is 3. The largest absolute Gasteiger partial charge is 0.496 e. The van der Waals surface area contributed by atoms with Crippen LogP contribution in [0.1, 0.15) is 45.7 Å². The average Bonchev–Trinajstić information content (AvgIpc) is 3.35. The summed E-state index contributed by atoms with van der Waals surface area (Å²) in [5.41, 5.74) is 0.618. The van der Waals surface area contributed by atoms with E-state index in [2.05, 4.69) is 15.5 Å². The number of benzene rings is 1. The number of ketones is 1. The summed E-state index contributed by atoms with van der Waals surface area (Å²) in [7, 11) is 2.72. The van der Waals surface area contributed by atoms with Crippen molar-refractivity contribution >= 4 is 23.5 Å². The summed E-state index contributed by atoms with van der Waals surface area (Å²) < 4.78 is 20.6. The lowest BCUT2D eigenvalue weighted by Crippen LogP contribution is -2.16. The Balaban J connectivity index is 1.71. The van der Waals surface area contributed by atoms with E-state index >= 15 is 0 Å². The quantitative estimate of drug-likeness (QED) is 0.425. The van der Waals surface area contributed by atoms with Gasteiger partial charge in [0.2, 0.25) is 23.5 Å². The summed E-state index contributed by atoms with van der Waals surface area (Å²) in [5, 5.41) is 6.43. The number of methoxy groups -OCH3 is 2. The Morgan fingerprint density at radius 3 is 2.55 bits per heavy atom. The average molecular weight is 427 g/mol. The van der Waals surface area contributed by atoms with Crippen LogP contribution >= 0.6 is 0 Å². The van der Waals surface area contributed by atoms with Crippen LogP contribution in [0.4, 0.5) is 5.88 Å². The van der Waals surface area contributed by atoms with Crippen molar-refractivity contribution in [2.75, 3.05) is 19.5 Å². The first-order valence-electron chi connectivity index (χ1n) is 9.34. The smallest absolute Gasteiger partial charge is 0.344 e. The molecule has 10 nitrogen and oxygen atoms in total. The molecule has 162 valence electrons. The number of para-hydroxylation sites is 1. The van der Waals surface area contributed by atoms with Gasteiger partial charge in [0.1, 0.15) is 17.1 Å². The van der Waals surface area contributed by atoms with Crippen molar-refractivity contribution in [3.63, 3.8) is 0 Å². The van der Waals surface area contributed by atoms with Gasteiger partial charge in [-0.05, 0) is 26.0 Å². The topological polar surface area (TPSA) is 134 Å². The van der Waals surface area contributed by atoms with E-state index in [0.29, 0.717) is 17.1 Å². The lowest BCUT2D eigenvalue weighted by molar-refractivity contribution is -0.116. The molecular formula is C21H21N3O7. The van der Waals surface area contributed by atoms with Gasteiger partial charge in [-0.2, -0.15) is 4.98 Å². The molecule has 0 saturated heterocycles. The zero-order valence-electron chi connectivity index (χ0n) is 17.5. The highest BCUT2D eigenvalue weighted by molar-refractivity contribution is 6.10. The minimum Gasteiger partial charge on any atom is -0.496 e. The van der Waals surface area contributed by atoms with Crippen LogP contribution < -0.4 is 10.1 Å². The number of esters is 1. The van der Waals surface area contributed by atoms with E-state index < -0.39 is 11.9 Å². The number of aryl methyl sites for hydroxylation is 2. The molecule has 0 spiro atoms. The number of ether oxygens (including phenoxy) is 2. The molecule has 0 unspecified atom stereocenters. The highest BCUT2D eigenvalue weighted by Crippen LogP contribution is 2.29. The summed E-state index contributed by atoms with van der Waals surface area (Å²) in [5.74, 6) is -0.366. The van der Waals surface area contributed by atoms with Crippen LogP contribution in [0.3, 0.4) is 0 Å². The Labute approximate surface area is 177 Å². The number of hydrogen-bond acceptors (Lipinski definition) is 9. The van der Waals surface area contributed by atoms with Crippen LogP contribution in [0, 0.1) is 6.92 Å². The first kappa shape index (κ1) is 21.8. The molecule has 0 atom stereocenters. The van der Waals surface area contributed by atoms with E-state index in [1.807, 2.05) is 12.1 Å². The summed E-state index contributed by atoms with van der Waals surface area (Å²) >= 11 is 0. The molecule has 1 amide bonds. The Hall–Kier alpha value is -3.95. The number of rotatable bonds is 8. The van der Waals surface area contributed by atoms with E-state index in [1.54, 1.807) is 19.2 Å². The number of furan rings is 1. The number of hydrogen-bond donors (Lipinski definition) is 1. The minimum atomic E-state index is -0.782. The van der Waals surface area contributed by atoms with Gasteiger partial charge in [-0.15, -0.1) is 0 Å². The SMILES string of the molecule is COC(=O)c1c(NC(=O)CCc2nc(-c3ccccc3OC)no2)oc(C)c1C(C)=O. The van der Waals surface area contributed by atoms with Crippen LogP contribution in [0.25, 0.3) is 11.4 Å². The molecule has 10 heteroatoms. The molecule has 0 bridgehead atoms. The second-order valence-electron chi connectivity index (χ2n) is 6.55. The van der Waals surface area contributed by atoms with Crippen molar-refractivity contribution in [1.82, 2.24) is 10.1 Å². The summed E-state index contributed by atoms with van der Waals surface area (Å²) in [6, 6.07) is 7.21. The number of carbonyl (C=O) groups excluding carboxylic acids is 3. The third-order valence-electron chi connectivity index (χ3n) is 4.46. The number of nitrogens with zero attached hydrogens (tertiary/aromatic N) is 2. The zero-order chi connectivity index (χ0) is 22.5. The summed E-state index contributed by atoms with van der Waals surface area (Å²) in [6.07, 6.45) is 0.129. The van der Waals surface area contributed by atoms with Crippen molar-refractivity contribution in [2.45, 2.75) is 26.7 Å². The maximum Gasteiger partial charge on any atom is 0.344 e. The second kappa shape index (κ2) is 9.24. The predicted octanol–water partition coefficient (Wildman–Crippen LogP) is 3.21. The van der Waals surface area contributed by atoms with Gasteiger partial charge in [0, 0.05) is 12.8 Å². The number of anilines is 1. The van der Waals surface area contributed by atoms with Gasteiger partial charge in [-0.1, -0.05) is 17.3 Å². The second-order valence-corrected chi connectivity index (χ2v) is 6.55. The molecule has 0 aliphatic rings. The number of amides is 1. The van der Waals surface area contributed by atoms with Crippen molar-refractivity contribution in [3.05, 3.63) is 47.0 Å². The molecule has 31 heavy (non-hydrogen) atoms. The van der Waals surface area contributed by atoms with Gasteiger partial charge in [0.15, 0.2) is 5.78 Å². The molecule has 0 radical (unpaired) electrons. The van der Waals surface area contributed by atoms with Crippen LogP contribution in [-0.4, -0.2) is 42.0 Å². The van der Waals surface area contributed by atoms with Gasteiger partial charge in [-0.25, -0.2) is 4.79 Å². The fraction of sp³-hybridized carbons (Fsp3) is 0.286. The van der Waals surface area contributed by atoms with Gasteiger partial charge in [-0.3, -0.25) is 14.9 Å². The monoisotopic (exact) mass is 427 g/mol. The first-order valence-corrected chi connectivity index (χ1v) is 9.34. The maximum atomic E-state index is 12.4. The lowest BCUT2D eigenvalue weighted by Gasteiger charge is -2.04. The molecular weight excluding hydrogens is 406 g/mol. The molecule has 3 rings (SSSR count). The zero-order valence-corrected chi connectivity index (χ0v) is 17.5. The van der Waals surface area contributed by atoms with Crippen molar-refractivity contribution in [2.24, 2.45) is 0 Å². The molecule has 1 N–H and O–H groups in total. The van der Waals surface area contributed by atoms with Crippen LogP contribution in [-0.2, 0) is 16.0 Å². The molecule has 1 aromatic carbocycles. The Morgan fingerprint density at radius 2 is 1.87 bits per heavy atom. The lowest BCUT2D eigenvalue weighted by atomic mass is 10.1. The van der Waals surface area contributed by atoms with E-state index in [0.717, 1.165) is 0 Å². The third-order valence-corrected chi connectivity index (χ3v) is 4.46. The fourth-order valence-electron chi connectivity index (χ4n) is 3.06. The Morgan fingerprint density at radius 1 is 1.13 bits per heavy atom. The molecule has 3 aromatic rings. The Kier molecular flexibility index (Phi) is 6.49. The summed E-state index contributed by atoms with van der Waals surface area (Å²) in [4.78, 5) is 40.6. The highest BCUT2D eigenvalue weighted by atomic mass is 16.5. The first-order chi connectivity index (χ1) is 14.8. The molecule has 0 saturated carbocycles. The molecule has 0 fully saturated rings. The third kappa shape index (κ3) is 4.63. The van der Waals surface area contributed by atoms with Crippen LogP contribution in [0.5, 0.6) is 5.75 Å². The van der Waals surface area contributed by atoms with E-state index in [-0.39, 0.29) is 47.3 Å². The Bertz CT molecular complexity index is 1130. The predicted molar refractivity (Wildman–Crippen MR) is 108 cm³/mol. The highest BCUT2D eigenvalue weighted by Gasteiger charge is 2.28. The minimum absolute atomic E-state index is 0.0245. The van der Waals surface area contributed by atoms with Crippen LogP contribution in [0.15, 0.2) is 33.2 Å². The number of nitrogens with one attached hydrogen (secondary N) is 1. The van der Waals surface area contributed by atoms with Crippen LogP contribution in [0.2, 0.25) is 0 Å². The molecule has 0 aliphatic heterocycles. The van der Waals surface area contributed by atoms with Crippen molar-refractivity contribution in [3.8, 4) is 17.1 Å². The standard InChI is InChI=1S/C21H21N3O7/c1-11(25)17-12(2)30-20(18(17)21(27)29-4)22-15(26)9-10-16-23-19(24-31-16)13-7-5-6-8-14(13)28-3/h5-8H,9-10H2,1-4H3,(H,22,26). The molecule has 2 aromatic heterocycles. The van der Waals surface area contributed by atoms with Gasteiger partial charge >= 0.3 is 5.97 Å². The van der Waals surface area contributed by atoms with Crippen molar-refractivity contribution in [1.29, 1.82) is 0 Å². The molecule has 2 heterocycles. The van der Waals surface area contributed by atoms with Gasteiger partial charge in [0.25, 0.3) is 0 Å². The maximum absolute atomic E-state index is 12.4. The van der Waals surface area contributed by atoms with Gasteiger partial charge < -0.3 is 18.4 Å². The van der Waals surface area contributed by atoms with E-state index in [9.17, 15) is 14.4 Å². The van der Waals surface area contributed by atoms with Crippen molar-refractivity contribution < 1.29 is 32.8 Å². The van der Waals surface area contributed by atoms with E-state index in [4.69, 9.17) is 18.4 Å².